The second-order valence-electron chi connectivity index (χ2n) is 8.77. The van der Waals surface area contributed by atoms with Gasteiger partial charge in [-0.05, 0) is 73.8 Å². The minimum atomic E-state index is -3.82. The first-order valence-electron chi connectivity index (χ1n) is 12.6. The molecular formula is C28H31ClN4O5S2. The summed E-state index contributed by atoms with van der Waals surface area (Å²) in [6.45, 7) is 6.90. The average molecular weight is 603 g/mol. The zero-order valence-electron chi connectivity index (χ0n) is 22.7. The van der Waals surface area contributed by atoms with E-state index in [1.165, 1.54) is 30.6 Å². The zero-order chi connectivity index (χ0) is 28.9. The Kier molecular flexibility index (Phi) is 9.52. The summed E-state index contributed by atoms with van der Waals surface area (Å²) in [5.41, 5.74) is 1.32. The molecule has 0 saturated heterocycles. The highest BCUT2D eigenvalue weighted by Gasteiger charge is 2.24. The van der Waals surface area contributed by atoms with Crippen LogP contribution in [0.3, 0.4) is 0 Å². The molecule has 0 saturated carbocycles. The van der Waals surface area contributed by atoms with Crippen molar-refractivity contribution < 1.29 is 22.7 Å². The standard InChI is InChI=1S/C28H31ClN4O5S2/c1-5-32(6-2)17-18-33(28-30-25-24(38-4)16-15-23(29)26(25)39-28)27(34)19-7-9-20(10-8-19)31-40(35,36)22-13-11-21(37-3)12-14-22/h7-16,31H,5-6,17-18H2,1-4H3. The minimum absolute atomic E-state index is 0.0981. The first kappa shape index (κ1) is 29.6. The van der Waals surface area contributed by atoms with Crippen LogP contribution in [0.2, 0.25) is 5.02 Å². The van der Waals surface area contributed by atoms with Crippen LogP contribution in [-0.4, -0.2) is 64.6 Å². The molecule has 0 bridgehead atoms. The number of amides is 1. The Bertz CT molecular complexity index is 1570. The lowest BCUT2D eigenvalue weighted by atomic mass is 10.2. The van der Waals surface area contributed by atoms with Gasteiger partial charge in [0.05, 0.1) is 28.8 Å². The number of hydrogen-bond acceptors (Lipinski definition) is 8. The van der Waals surface area contributed by atoms with Gasteiger partial charge in [-0.15, -0.1) is 0 Å². The number of nitrogens with one attached hydrogen (secondary N) is 1. The molecule has 9 nitrogen and oxygen atoms in total. The van der Waals surface area contributed by atoms with Gasteiger partial charge in [-0.1, -0.05) is 36.8 Å². The Morgan fingerprint density at radius 1 is 0.950 bits per heavy atom. The number of hydrogen-bond donors (Lipinski definition) is 1. The van der Waals surface area contributed by atoms with Crippen molar-refractivity contribution in [2.24, 2.45) is 0 Å². The van der Waals surface area contributed by atoms with E-state index < -0.39 is 10.0 Å². The van der Waals surface area contributed by atoms with Crippen molar-refractivity contribution in [1.82, 2.24) is 9.88 Å². The van der Waals surface area contributed by atoms with E-state index in [9.17, 15) is 13.2 Å². The number of carbonyl (C=O) groups is 1. The maximum atomic E-state index is 13.8. The first-order valence-corrected chi connectivity index (χ1v) is 15.3. The summed E-state index contributed by atoms with van der Waals surface area (Å²) >= 11 is 7.77. The Morgan fingerprint density at radius 3 is 2.23 bits per heavy atom. The second-order valence-corrected chi connectivity index (χ2v) is 11.8. The predicted octanol–water partition coefficient (Wildman–Crippen LogP) is 5.76. The number of likely N-dealkylation sites (N-methyl/N-ethyl adjacent to an activating group) is 1. The third-order valence-electron chi connectivity index (χ3n) is 6.43. The fraction of sp³-hybridized carbons (Fsp3) is 0.286. The van der Waals surface area contributed by atoms with Gasteiger partial charge < -0.3 is 14.4 Å². The SMILES string of the molecule is CCN(CC)CCN(C(=O)c1ccc(NS(=O)(=O)c2ccc(OC)cc2)cc1)c1nc2c(OC)ccc(Cl)c2s1. The third-order valence-corrected chi connectivity index (χ3v) is 9.37. The zero-order valence-corrected chi connectivity index (χ0v) is 25.1. The fourth-order valence-electron chi connectivity index (χ4n) is 4.09. The lowest BCUT2D eigenvalue weighted by Crippen LogP contribution is -2.38. The molecule has 1 N–H and O–H groups in total. The molecular weight excluding hydrogens is 572 g/mol. The van der Waals surface area contributed by atoms with Crippen LogP contribution in [0.25, 0.3) is 10.2 Å². The molecule has 40 heavy (non-hydrogen) atoms. The third kappa shape index (κ3) is 6.49. The molecule has 1 aromatic heterocycles. The molecule has 212 valence electrons. The van der Waals surface area contributed by atoms with Crippen LogP contribution in [0.15, 0.2) is 65.6 Å². The van der Waals surface area contributed by atoms with E-state index in [1.807, 2.05) is 0 Å². The van der Waals surface area contributed by atoms with Crippen LogP contribution in [-0.2, 0) is 10.0 Å². The van der Waals surface area contributed by atoms with Gasteiger partial charge in [0.15, 0.2) is 5.13 Å². The summed E-state index contributed by atoms with van der Waals surface area (Å²) in [7, 11) is -0.742. The van der Waals surface area contributed by atoms with Gasteiger partial charge in [0.2, 0.25) is 0 Å². The van der Waals surface area contributed by atoms with Gasteiger partial charge in [0, 0.05) is 24.3 Å². The van der Waals surface area contributed by atoms with Crippen LogP contribution in [0, 0.1) is 0 Å². The van der Waals surface area contributed by atoms with Gasteiger partial charge in [0.25, 0.3) is 15.9 Å². The van der Waals surface area contributed by atoms with Crippen molar-refractivity contribution in [3.05, 3.63) is 71.2 Å². The summed E-state index contributed by atoms with van der Waals surface area (Å²) in [6.07, 6.45) is 0. The van der Waals surface area contributed by atoms with E-state index >= 15 is 0 Å². The molecule has 0 aliphatic rings. The molecule has 0 aliphatic carbocycles. The molecule has 12 heteroatoms. The maximum absolute atomic E-state index is 13.8. The lowest BCUT2D eigenvalue weighted by Gasteiger charge is -2.24. The number of rotatable bonds is 12. The summed E-state index contributed by atoms with van der Waals surface area (Å²) in [6, 6.07) is 15.9. The molecule has 4 rings (SSSR count). The van der Waals surface area contributed by atoms with Crippen LogP contribution in [0.4, 0.5) is 10.8 Å². The Balaban J connectivity index is 1.61. The molecule has 0 radical (unpaired) electrons. The smallest absolute Gasteiger partial charge is 0.261 e. The van der Waals surface area contributed by atoms with E-state index in [0.29, 0.717) is 51.5 Å². The number of methoxy groups -OCH3 is 2. The number of benzene rings is 3. The Labute approximate surface area is 243 Å². The highest BCUT2D eigenvalue weighted by Crippen LogP contribution is 2.39. The number of halogens is 1. The van der Waals surface area contributed by atoms with Crippen molar-refractivity contribution in [3.8, 4) is 11.5 Å². The van der Waals surface area contributed by atoms with Crippen molar-refractivity contribution in [2.75, 3.05) is 50.0 Å². The van der Waals surface area contributed by atoms with Crippen LogP contribution < -0.4 is 19.1 Å². The van der Waals surface area contributed by atoms with Gasteiger partial charge in [-0.2, -0.15) is 0 Å². The molecule has 4 aromatic rings. The summed E-state index contributed by atoms with van der Waals surface area (Å²) in [5.74, 6) is 0.874. The van der Waals surface area contributed by atoms with Crippen LogP contribution in [0.1, 0.15) is 24.2 Å². The van der Waals surface area contributed by atoms with Crippen molar-refractivity contribution in [3.63, 3.8) is 0 Å². The molecule has 0 atom stereocenters. The van der Waals surface area contributed by atoms with E-state index in [2.05, 4.69) is 23.5 Å². The molecule has 0 aliphatic heterocycles. The summed E-state index contributed by atoms with van der Waals surface area (Å²) in [5, 5.41) is 1.03. The number of nitrogens with zero attached hydrogens (tertiary/aromatic N) is 3. The molecule has 0 unspecified atom stereocenters. The Hall–Kier alpha value is -3.38. The van der Waals surface area contributed by atoms with Crippen LogP contribution >= 0.6 is 22.9 Å². The van der Waals surface area contributed by atoms with Crippen molar-refractivity contribution >= 4 is 59.9 Å². The minimum Gasteiger partial charge on any atom is -0.497 e. The molecule has 1 amide bonds. The van der Waals surface area contributed by atoms with E-state index in [1.54, 1.807) is 60.5 Å². The highest BCUT2D eigenvalue weighted by molar-refractivity contribution is 7.92. The number of thiazole rings is 1. The van der Waals surface area contributed by atoms with Gasteiger partial charge in [0.1, 0.15) is 17.0 Å². The molecule has 0 spiro atoms. The number of sulfonamides is 1. The summed E-state index contributed by atoms with van der Waals surface area (Å²) < 4.78 is 39.5. The fourth-order valence-corrected chi connectivity index (χ4v) is 6.43. The first-order chi connectivity index (χ1) is 19.2. The number of carbonyl (C=O) groups excluding carboxylic acids is 1. The number of anilines is 2. The Morgan fingerprint density at radius 2 is 1.62 bits per heavy atom. The van der Waals surface area contributed by atoms with Gasteiger partial charge >= 0.3 is 0 Å². The lowest BCUT2D eigenvalue weighted by molar-refractivity contribution is 0.0983. The van der Waals surface area contributed by atoms with Crippen molar-refractivity contribution in [1.29, 1.82) is 0 Å². The highest BCUT2D eigenvalue weighted by atomic mass is 35.5. The monoisotopic (exact) mass is 602 g/mol. The average Bonchev–Trinajstić information content (AvgIpc) is 3.42. The molecule has 0 fully saturated rings. The number of ether oxygens (including phenoxy) is 2. The molecule has 1 heterocycles. The maximum Gasteiger partial charge on any atom is 0.261 e. The number of fused-ring (bicyclic) bond motifs is 1. The predicted molar refractivity (Wildman–Crippen MR) is 161 cm³/mol. The van der Waals surface area contributed by atoms with E-state index in [0.717, 1.165) is 17.8 Å². The topological polar surface area (TPSA) is 101 Å². The number of aromatic nitrogens is 1. The second kappa shape index (κ2) is 12.9. The van der Waals surface area contributed by atoms with Gasteiger partial charge in [-0.25, -0.2) is 13.4 Å². The van der Waals surface area contributed by atoms with E-state index in [4.69, 9.17) is 26.1 Å². The van der Waals surface area contributed by atoms with Gasteiger partial charge in [-0.3, -0.25) is 14.4 Å². The van der Waals surface area contributed by atoms with Crippen LogP contribution in [0.5, 0.6) is 11.5 Å². The van der Waals surface area contributed by atoms with E-state index in [-0.39, 0.29) is 10.8 Å². The normalized spacial score (nSPS) is 11.6. The molecule has 3 aromatic carbocycles. The largest absolute Gasteiger partial charge is 0.497 e. The quantitative estimate of drug-likeness (QED) is 0.220. The summed E-state index contributed by atoms with van der Waals surface area (Å²) in [4.78, 5) is 22.5. The van der Waals surface area contributed by atoms with Crippen molar-refractivity contribution in [2.45, 2.75) is 18.7 Å².